The molecule has 0 radical (unpaired) electrons. The summed E-state index contributed by atoms with van der Waals surface area (Å²) in [6.07, 6.45) is 4.89. The van der Waals surface area contributed by atoms with Crippen molar-refractivity contribution in [2.75, 3.05) is 26.3 Å². The standard InChI is InChI=1S/C13H25NO/c1-11(2)8-14-9-12(3)7-13-5-4-6-15-10-13/h7,11,13-14H,4-6,8-10H2,1-3H3/b12-7+. The summed E-state index contributed by atoms with van der Waals surface area (Å²) in [4.78, 5) is 0. The molecule has 1 fully saturated rings. The van der Waals surface area contributed by atoms with Gasteiger partial charge < -0.3 is 10.1 Å². The van der Waals surface area contributed by atoms with E-state index in [4.69, 9.17) is 4.74 Å². The van der Waals surface area contributed by atoms with Crippen molar-refractivity contribution in [2.45, 2.75) is 33.6 Å². The molecule has 15 heavy (non-hydrogen) atoms. The Morgan fingerprint density at radius 1 is 1.53 bits per heavy atom. The predicted molar refractivity (Wildman–Crippen MR) is 65.0 cm³/mol. The van der Waals surface area contributed by atoms with Gasteiger partial charge in [0.15, 0.2) is 0 Å². The maximum absolute atomic E-state index is 5.46. The second kappa shape index (κ2) is 7.02. The Hall–Kier alpha value is -0.340. The summed E-state index contributed by atoms with van der Waals surface area (Å²) in [5.74, 6) is 1.38. The minimum absolute atomic E-state index is 0.652. The molecule has 2 heteroatoms. The topological polar surface area (TPSA) is 21.3 Å². The summed E-state index contributed by atoms with van der Waals surface area (Å²) in [6.45, 7) is 10.7. The molecule has 0 spiro atoms. The van der Waals surface area contributed by atoms with Gasteiger partial charge >= 0.3 is 0 Å². The van der Waals surface area contributed by atoms with Gasteiger partial charge in [-0.05, 0) is 32.2 Å². The predicted octanol–water partition coefficient (Wildman–Crippen LogP) is 2.60. The van der Waals surface area contributed by atoms with E-state index in [-0.39, 0.29) is 0 Å². The van der Waals surface area contributed by atoms with Crippen LogP contribution in [0.5, 0.6) is 0 Å². The Morgan fingerprint density at radius 2 is 2.33 bits per heavy atom. The first-order valence-electron chi connectivity index (χ1n) is 6.14. The molecule has 1 heterocycles. The van der Waals surface area contributed by atoms with E-state index in [9.17, 15) is 0 Å². The van der Waals surface area contributed by atoms with Gasteiger partial charge in [0, 0.05) is 19.1 Å². The molecule has 0 aliphatic carbocycles. The molecule has 0 aromatic carbocycles. The first-order valence-corrected chi connectivity index (χ1v) is 6.14. The Bertz CT molecular complexity index is 193. The lowest BCUT2D eigenvalue weighted by molar-refractivity contribution is 0.0707. The molecule has 0 amide bonds. The molecule has 1 atom stereocenters. The first-order chi connectivity index (χ1) is 7.18. The van der Waals surface area contributed by atoms with Crippen LogP contribution in [0.15, 0.2) is 11.6 Å². The second-order valence-electron chi connectivity index (χ2n) is 5.01. The molecule has 1 N–H and O–H groups in total. The van der Waals surface area contributed by atoms with E-state index in [2.05, 4.69) is 32.2 Å². The van der Waals surface area contributed by atoms with Gasteiger partial charge in [0.25, 0.3) is 0 Å². The van der Waals surface area contributed by atoms with Crippen molar-refractivity contribution in [3.05, 3.63) is 11.6 Å². The van der Waals surface area contributed by atoms with Gasteiger partial charge in [-0.25, -0.2) is 0 Å². The monoisotopic (exact) mass is 211 g/mol. The van der Waals surface area contributed by atoms with Gasteiger partial charge in [-0.1, -0.05) is 25.5 Å². The Kier molecular flexibility index (Phi) is 5.96. The van der Waals surface area contributed by atoms with E-state index in [0.29, 0.717) is 5.92 Å². The zero-order chi connectivity index (χ0) is 11.1. The molecular formula is C13H25NO. The lowest BCUT2D eigenvalue weighted by Gasteiger charge is -2.20. The van der Waals surface area contributed by atoms with Gasteiger partial charge in [0.05, 0.1) is 6.61 Å². The smallest absolute Gasteiger partial charge is 0.0528 e. The highest BCUT2D eigenvalue weighted by molar-refractivity contribution is 5.03. The van der Waals surface area contributed by atoms with Crippen molar-refractivity contribution in [3.8, 4) is 0 Å². The molecule has 0 saturated carbocycles. The average molecular weight is 211 g/mol. The number of hydrogen-bond donors (Lipinski definition) is 1. The second-order valence-corrected chi connectivity index (χ2v) is 5.01. The molecule has 1 rings (SSSR count). The van der Waals surface area contributed by atoms with Gasteiger partial charge in [0.2, 0.25) is 0 Å². The summed E-state index contributed by atoms with van der Waals surface area (Å²) < 4.78 is 5.46. The Morgan fingerprint density at radius 3 is 2.93 bits per heavy atom. The van der Waals surface area contributed by atoms with E-state index < -0.39 is 0 Å². The van der Waals surface area contributed by atoms with E-state index in [1.165, 1.54) is 18.4 Å². The average Bonchev–Trinajstić information content (AvgIpc) is 2.18. The van der Waals surface area contributed by atoms with Crippen molar-refractivity contribution in [3.63, 3.8) is 0 Å². The third-order valence-corrected chi connectivity index (χ3v) is 2.67. The SMILES string of the molecule is C/C(=C\C1CCCOC1)CNCC(C)C. The quantitative estimate of drug-likeness (QED) is 0.706. The largest absolute Gasteiger partial charge is 0.381 e. The molecule has 88 valence electrons. The third-order valence-electron chi connectivity index (χ3n) is 2.67. The summed E-state index contributed by atoms with van der Waals surface area (Å²) in [6, 6.07) is 0. The fraction of sp³-hybridized carbons (Fsp3) is 0.846. The third kappa shape index (κ3) is 5.95. The first kappa shape index (κ1) is 12.7. The maximum Gasteiger partial charge on any atom is 0.0528 e. The van der Waals surface area contributed by atoms with Crippen molar-refractivity contribution in [2.24, 2.45) is 11.8 Å². The minimum Gasteiger partial charge on any atom is -0.381 e. The summed E-state index contributed by atoms with van der Waals surface area (Å²) in [5, 5.41) is 3.47. The van der Waals surface area contributed by atoms with E-state index in [0.717, 1.165) is 32.2 Å². The van der Waals surface area contributed by atoms with E-state index >= 15 is 0 Å². The maximum atomic E-state index is 5.46. The highest BCUT2D eigenvalue weighted by atomic mass is 16.5. The van der Waals surface area contributed by atoms with Gasteiger partial charge in [-0.2, -0.15) is 0 Å². The van der Waals surface area contributed by atoms with Crippen molar-refractivity contribution in [1.82, 2.24) is 5.32 Å². The molecular weight excluding hydrogens is 186 g/mol. The summed E-state index contributed by atoms with van der Waals surface area (Å²) in [5.41, 5.74) is 1.45. The fourth-order valence-corrected chi connectivity index (χ4v) is 1.92. The van der Waals surface area contributed by atoms with Crippen LogP contribution in [0.2, 0.25) is 0 Å². The van der Waals surface area contributed by atoms with Crippen LogP contribution in [0.3, 0.4) is 0 Å². The normalized spacial score (nSPS) is 23.5. The molecule has 1 aliphatic rings. The number of rotatable bonds is 5. The van der Waals surface area contributed by atoms with Crippen molar-refractivity contribution >= 4 is 0 Å². The van der Waals surface area contributed by atoms with Crippen LogP contribution in [0.4, 0.5) is 0 Å². The van der Waals surface area contributed by atoms with Gasteiger partial charge in [-0.3, -0.25) is 0 Å². The Labute approximate surface area is 94.1 Å². The van der Waals surface area contributed by atoms with Crippen molar-refractivity contribution in [1.29, 1.82) is 0 Å². The number of nitrogens with one attached hydrogen (secondary N) is 1. The molecule has 0 aromatic heterocycles. The Balaban J connectivity index is 2.19. The van der Waals surface area contributed by atoms with Gasteiger partial charge in [0.1, 0.15) is 0 Å². The highest BCUT2D eigenvalue weighted by Crippen LogP contribution is 2.16. The molecule has 2 nitrogen and oxygen atoms in total. The molecule has 1 saturated heterocycles. The number of ether oxygens (including phenoxy) is 1. The zero-order valence-corrected chi connectivity index (χ0v) is 10.4. The van der Waals surface area contributed by atoms with Crippen LogP contribution in [0.25, 0.3) is 0 Å². The zero-order valence-electron chi connectivity index (χ0n) is 10.4. The highest BCUT2D eigenvalue weighted by Gasteiger charge is 2.10. The van der Waals surface area contributed by atoms with Crippen LogP contribution >= 0.6 is 0 Å². The molecule has 1 aliphatic heterocycles. The molecule has 0 aromatic rings. The van der Waals surface area contributed by atoms with Gasteiger partial charge in [-0.15, -0.1) is 0 Å². The lowest BCUT2D eigenvalue weighted by Crippen LogP contribution is -2.22. The summed E-state index contributed by atoms with van der Waals surface area (Å²) in [7, 11) is 0. The molecule has 1 unspecified atom stereocenters. The number of hydrogen-bond acceptors (Lipinski definition) is 2. The minimum atomic E-state index is 0.652. The van der Waals surface area contributed by atoms with Crippen LogP contribution in [0.1, 0.15) is 33.6 Å². The van der Waals surface area contributed by atoms with Crippen LogP contribution in [-0.2, 0) is 4.74 Å². The fourth-order valence-electron chi connectivity index (χ4n) is 1.92. The van der Waals surface area contributed by atoms with Crippen LogP contribution in [0, 0.1) is 11.8 Å². The van der Waals surface area contributed by atoms with Crippen LogP contribution in [-0.4, -0.2) is 26.3 Å². The lowest BCUT2D eigenvalue weighted by atomic mass is 9.99. The van der Waals surface area contributed by atoms with Crippen molar-refractivity contribution < 1.29 is 4.74 Å². The van der Waals surface area contributed by atoms with Crippen LogP contribution < -0.4 is 5.32 Å². The molecule has 0 bridgehead atoms. The summed E-state index contributed by atoms with van der Waals surface area (Å²) >= 11 is 0. The van der Waals surface area contributed by atoms with E-state index in [1.54, 1.807) is 0 Å². The van der Waals surface area contributed by atoms with E-state index in [1.807, 2.05) is 0 Å².